The third-order valence-electron chi connectivity index (χ3n) is 5.22. The fraction of sp³-hybridized carbons (Fsp3) is 0.381. The summed E-state index contributed by atoms with van der Waals surface area (Å²) in [7, 11) is 0. The second-order valence-corrected chi connectivity index (χ2v) is 9.30. The Morgan fingerprint density at radius 1 is 1.25 bits per heavy atom. The van der Waals surface area contributed by atoms with Crippen molar-refractivity contribution in [3.63, 3.8) is 0 Å². The van der Waals surface area contributed by atoms with E-state index < -0.39 is 0 Å². The van der Waals surface area contributed by atoms with Gasteiger partial charge < -0.3 is 16.2 Å². The Bertz CT molecular complexity index is 983. The lowest BCUT2D eigenvalue weighted by Crippen LogP contribution is -2.34. The van der Waals surface area contributed by atoms with Gasteiger partial charge >= 0.3 is 0 Å². The fourth-order valence-corrected chi connectivity index (χ4v) is 4.68. The van der Waals surface area contributed by atoms with Gasteiger partial charge in [-0.3, -0.25) is 4.79 Å². The molecule has 0 saturated carbocycles. The summed E-state index contributed by atoms with van der Waals surface area (Å²) < 4.78 is 0. The second kappa shape index (κ2) is 6.81. The maximum Gasteiger partial charge on any atom is 0.191 e. The van der Waals surface area contributed by atoms with Crippen molar-refractivity contribution < 1.29 is 9.90 Å². The molecule has 0 saturated heterocycles. The Morgan fingerprint density at radius 2 is 1.96 bits per heavy atom. The number of thioether (sulfide) groups is 1. The zero-order valence-corrected chi connectivity index (χ0v) is 17.1. The van der Waals surface area contributed by atoms with Crippen molar-refractivity contribution >= 4 is 29.2 Å². The van der Waals surface area contributed by atoms with Gasteiger partial charge in [0.25, 0.3) is 0 Å². The maximum atomic E-state index is 13.2. The number of nitrogens with zero attached hydrogens (tertiary/aromatic N) is 2. The number of carbonyl (C=O) groups excluding carboxylic acids is 1. The minimum Gasteiger partial charge on any atom is -0.508 e. The molecule has 0 radical (unpaired) electrons. The van der Waals surface area contributed by atoms with Crippen LogP contribution in [0.2, 0.25) is 0 Å². The first-order valence-electron chi connectivity index (χ1n) is 9.41. The second-order valence-electron chi connectivity index (χ2n) is 8.07. The number of allylic oxidation sites excluding steroid dienone is 2. The quantitative estimate of drug-likeness (QED) is 0.531. The average Bonchev–Trinajstić information content (AvgIpc) is 2.60. The first-order chi connectivity index (χ1) is 13.3. The molecule has 2 aromatic rings. The number of hydrogen-bond acceptors (Lipinski definition) is 7. The van der Waals surface area contributed by atoms with E-state index >= 15 is 0 Å². The maximum absolute atomic E-state index is 13.2. The van der Waals surface area contributed by atoms with E-state index in [4.69, 9.17) is 5.73 Å². The van der Waals surface area contributed by atoms with E-state index in [0.29, 0.717) is 23.2 Å². The predicted molar refractivity (Wildman–Crippen MR) is 111 cm³/mol. The van der Waals surface area contributed by atoms with Gasteiger partial charge in [-0.1, -0.05) is 44.7 Å². The van der Waals surface area contributed by atoms with Crippen molar-refractivity contribution in [2.45, 2.75) is 44.7 Å². The van der Waals surface area contributed by atoms with Crippen LogP contribution in [0.15, 0.2) is 40.7 Å². The number of nitrogen functional groups attached to an aromatic ring is 1. The fourth-order valence-electron chi connectivity index (χ4n) is 4.11. The summed E-state index contributed by atoms with van der Waals surface area (Å²) in [5, 5.41) is 13.7. The molecule has 1 aliphatic heterocycles. The molecule has 146 valence electrons. The van der Waals surface area contributed by atoms with Crippen LogP contribution in [-0.4, -0.2) is 26.6 Å². The average molecular weight is 397 g/mol. The van der Waals surface area contributed by atoms with Crippen molar-refractivity contribution in [1.29, 1.82) is 0 Å². The number of nitrogens with one attached hydrogen (secondary N) is 1. The Labute approximate surface area is 168 Å². The van der Waals surface area contributed by atoms with E-state index in [0.717, 1.165) is 34.6 Å². The highest BCUT2D eigenvalue weighted by Gasteiger charge is 2.42. The molecule has 0 spiro atoms. The van der Waals surface area contributed by atoms with Gasteiger partial charge in [-0.25, -0.2) is 9.97 Å². The zero-order chi connectivity index (χ0) is 20.1. The smallest absolute Gasteiger partial charge is 0.191 e. The van der Waals surface area contributed by atoms with Crippen LogP contribution >= 0.6 is 11.8 Å². The number of benzene rings is 1. The molecule has 7 heteroatoms. The number of Topliss-reactive ketones (excluding diaryl/α,β-unsaturated/α-hetero) is 1. The lowest BCUT2D eigenvalue weighted by Gasteiger charge is -2.39. The predicted octanol–water partition coefficient (Wildman–Crippen LogP) is 4.08. The van der Waals surface area contributed by atoms with Crippen LogP contribution in [0.1, 0.15) is 50.7 Å². The molecule has 1 aliphatic carbocycles. The number of aromatic nitrogens is 2. The van der Waals surface area contributed by atoms with E-state index in [2.05, 4.69) is 29.1 Å². The topological polar surface area (TPSA) is 101 Å². The molecule has 1 atom stereocenters. The van der Waals surface area contributed by atoms with Crippen LogP contribution in [0.25, 0.3) is 0 Å². The third-order valence-corrected chi connectivity index (χ3v) is 5.95. The summed E-state index contributed by atoms with van der Waals surface area (Å²) in [6.45, 7) is 6.25. The lowest BCUT2D eigenvalue weighted by atomic mass is 9.69. The number of ketones is 1. The molecule has 28 heavy (non-hydrogen) atoms. The Morgan fingerprint density at radius 3 is 2.64 bits per heavy atom. The van der Waals surface area contributed by atoms with Crippen LogP contribution in [0.5, 0.6) is 5.75 Å². The highest BCUT2D eigenvalue weighted by Crippen LogP contribution is 2.50. The van der Waals surface area contributed by atoms with E-state index in [1.165, 1.54) is 11.8 Å². The largest absolute Gasteiger partial charge is 0.508 e. The van der Waals surface area contributed by atoms with Crippen LogP contribution < -0.4 is 11.1 Å². The van der Waals surface area contributed by atoms with E-state index in [9.17, 15) is 9.90 Å². The van der Waals surface area contributed by atoms with Gasteiger partial charge in [0.15, 0.2) is 10.9 Å². The molecule has 6 nitrogen and oxygen atoms in total. The van der Waals surface area contributed by atoms with Gasteiger partial charge in [0.2, 0.25) is 0 Å². The SMILES string of the molecule is CCSc1nc(N)c2c(n1)NC1=C(C(=O)CC(C)(C)C1)C2c1ccc(O)cc1. The van der Waals surface area contributed by atoms with Gasteiger partial charge in [-0.2, -0.15) is 0 Å². The van der Waals surface area contributed by atoms with Crippen molar-refractivity contribution in [3.8, 4) is 5.75 Å². The molecule has 4 N–H and O–H groups in total. The highest BCUT2D eigenvalue weighted by molar-refractivity contribution is 7.99. The number of phenols is 1. The number of nitrogens with two attached hydrogens (primary N) is 1. The number of phenolic OH excluding ortho intramolecular Hbond substituents is 1. The standard InChI is InChI=1S/C21H24N4O2S/c1-4-28-20-24-18(22)17-15(11-5-7-12(26)8-6-11)16-13(23-19(17)25-20)9-21(2,3)10-14(16)27/h5-8,15,26H,4,9-10H2,1-3H3,(H3,22,23,24,25). The van der Waals surface area contributed by atoms with Crippen molar-refractivity contribution in [2.75, 3.05) is 16.8 Å². The molecule has 1 unspecified atom stereocenters. The van der Waals surface area contributed by atoms with Crippen LogP contribution in [0, 0.1) is 5.41 Å². The van der Waals surface area contributed by atoms with Crippen molar-refractivity contribution in [1.82, 2.24) is 9.97 Å². The third kappa shape index (κ3) is 3.24. The van der Waals surface area contributed by atoms with Gasteiger partial charge in [0.05, 0.1) is 0 Å². The lowest BCUT2D eigenvalue weighted by molar-refractivity contribution is -0.118. The molecular formula is C21H24N4O2S. The molecule has 0 fully saturated rings. The first kappa shape index (κ1) is 18.8. The number of anilines is 2. The number of carbonyl (C=O) groups is 1. The molecule has 2 heterocycles. The summed E-state index contributed by atoms with van der Waals surface area (Å²) in [5.41, 5.74) is 9.53. The van der Waals surface area contributed by atoms with Crippen molar-refractivity contribution in [3.05, 3.63) is 46.7 Å². The number of rotatable bonds is 3. The normalized spacial score (nSPS) is 20.4. The summed E-state index contributed by atoms with van der Waals surface area (Å²) in [6, 6.07) is 6.93. The number of aromatic hydroxyl groups is 1. The van der Waals surface area contributed by atoms with Crippen molar-refractivity contribution in [2.24, 2.45) is 5.41 Å². The van der Waals surface area contributed by atoms with Gasteiger partial charge in [-0.05, 0) is 35.3 Å². The molecule has 2 aliphatic rings. The van der Waals surface area contributed by atoms with Gasteiger partial charge in [0, 0.05) is 29.2 Å². The Kier molecular flexibility index (Phi) is 4.57. The van der Waals surface area contributed by atoms with Crippen LogP contribution in [0.4, 0.5) is 11.6 Å². The molecule has 1 aromatic heterocycles. The van der Waals surface area contributed by atoms with Crippen LogP contribution in [0.3, 0.4) is 0 Å². The summed E-state index contributed by atoms with van der Waals surface area (Å²) >= 11 is 1.53. The van der Waals surface area contributed by atoms with Gasteiger partial charge in [0.1, 0.15) is 17.4 Å². The number of hydrogen-bond donors (Lipinski definition) is 3. The van der Waals surface area contributed by atoms with E-state index in [1.54, 1.807) is 12.1 Å². The molecule has 0 amide bonds. The highest BCUT2D eigenvalue weighted by atomic mass is 32.2. The van der Waals surface area contributed by atoms with Crippen LogP contribution in [-0.2, 0) is 4.79 Å². The zero-order valence-electron chi connectivity index (χ0n) is 16.2. The molecule has 4 rings (SSSR count). The van der Waals surface area contributed by atoms with Gasteiger partial charge in [-0.15, -0.1) is 0 Å². The summed E-state index contributed by atoms with van der Waals surface area (Å²) in [6.07, 6.45) is 1.25. The Hall–Kier alpha value is -2.54. The Balaban J connectivity index is 1.93. The number of fused-ring (bicyclic) bond motifs is 1. The minimum atomic E-state index is -0.337. The van der Waals surface area contributed by atoms with E-state index in [1.807, 2.05) is 19.1 Å². The first-order valence-corrected chi connectivity index (χ1v) is 10.4. The minimum absolute atomic E-state index is 0.112. The summed E-state index contributed by atoms with van der Waals surface area (Å²) in [5.74, 6) is 1.87. The monoisotopic (exact) mass is 396 g/mol. The molecule has 1 aromatic carbocycles. The molecule has 0 bridgehead atoms. The summed E-state index contributed by atoms with van der Waals surface area (Å²) in [4.78, 5) is 22.3. The van der Waals surface area contributed by atoms with E-state index in [-0.39, 0.29) is 22.9 Å². The molecular weight excluding hydrogens is 372 g/mol.